The summed E-state index contributed by atoms with van der Waals surface area (Å²) in [5, 5.41) is 8.41. The first-order valence-electron chi connectivity index (χ1n) is 8.95. The number of carbonyl (C=O) groups is 1. The molecule has 0 aliphatic carbocycles. The predicted molar refractivity (Wildman–Crippen MR) is 113 cm³/mol. The van der Waals surface area contributed by atoms with Gasteiger partial charge in [0, 0.05) is 5.56 Å². The van der Waals surface area contributed by atoms with Gasteiger partial charge in [-0.05, 0) is 53.7 Å². The lowest BCUT2D eigenvalue weighted by atomic mass is 10.2. The molecule has 0 radical (unpaired) electrons. The van der Waals surface area contributed by atoms with Gasteiger partial charge in [-0.2, -0.15) is 5.10 Å². The van der Waals surface area contributed by atoms with E-state index in [1.807, 2.05) is 0 Å². The van der Waals surface area contributed by atoms with Crippen LogP contribution in [0.25, 0.3) is 6.08 Å². The topological polar surface area (TPSA) is 58.2 Å². The second-order valence-electron chi connectivity index (χ2n) is 6.28. The van der Waals surface area contributed by atoms with E-state index in [1.54, 1.807) is 48.5 Å². The predicted octanol–water partition coefficient (Wildman–Crippen LogP) is 5.06. The van der Waals surface area contributed by atoms with Crippen molar-refractivity contribution in [2.24, 2.45) is 10.2 Å². The Morgan fingerprint density at radius 2 is 1.83 bits per heavy atom. The second-order valence-corrected chi connectivity index (χ2v) is 7.29. The van der Waals surface area contributed by atoms with Crippen molar-refractivity contribution in [3.8, 4) is 0 Å². The quantitative estimate of drug-likeness (QED) is 0.327. The maximum atomic E-state index is 13.8. The molecule has 1 aliphatic heterocycles. The molecule has 0 atom stereocenters. The van der Waals surface area contributed by atoms with Gasteiger partial charge in [-0.25, -0.2) is 8.78 Å². The largest absolute Gasteiger partial charge is 0.467 e. The Labute approximate surface area is 175 Å². The number of thioether (sulfide) groups is 1. The van der Waals surface area contributed by atoms with Crippen LogP contribution in [0.4, 0.5) is 8.78 Å². The first kappa shape index (κ1) is 19.8. The molecule has 3 aromatic rings. The highest BCUT2D eigenvalue weighted by Crippen LogP contribution is 2.33. The van der Waals surface area contributed by atoms with Crippen molar-refractivity contribution in [2.45, 2.75) is 6.54 Å². The maximum absolute atomic E-state index is 13.8. The average Bonchev–Trinajstić information content (AvgIpc) is 3.35. The summed E-state index contributed by atoms with van der Waals surface area (Å²) < 4.78 is 32.2. The summed E-state index contributed by atoms with van der Waals surface area (Å²) in [6.07, 6.45) is 4.47. The van der Waals surface area contributed by atoms with E-state index in [-0.39, 0.29) is 23.8 Å². The van der Waals surface area contributed by atoms with Crippen LogP contribution < -0.4 is 0 Å². The number of furan rings is 1. The standard InChI is InChI=1S/C22H15F2N3O2S/c23-17-9-7-15(8-10-17)12-20-21(28)27(14-18-5-3-11-29-18)22(30-20)26-25-13-16-4-1-2-6-19(16)24/h1-13H,14H2/b20-12-,25-13-,26-22+. The molecule has 1 saturated heterocycles. The Bertz CT molecular complexity index is 1140. The molecule has 150 valence electrons. The molecule has 1 aliphatic rings. The van der Waals surface area contributed by atoms with E-state index in [0.29, 0.717) is 21.4 Å². The Balaban J connectivity index is 1.62. The van der Waals surface area contributed by atoms with Crippen molar-refractivity contribution < 1.29 is 18.0 Å². The summed E-state index contributed by atoms with van der Waals surface area (Å²) >= 11 is 1.13. The van der Waals surface area contributed by atoms with E-state index in [1.165, 1.54) is 35.6 Å². The monoisotopic (exact) mass is 423 g/mol. The molecule has 0 N–H and O–H groups in total. The smallest absolute Gasteiger partial charge is 0.267 e. The molecule has 2 heterocycles. The van der Waals surface area contributed by atoms with Crippen LogP contribution in [0, 0.1) is 11.6 Å². The lowest BCUT2D eigenvalue weighted by Crippen LogP contribution is -2.28. The van der Waals surface area contributed by atoms with Crippen molar-refractivity contribution in [1.29, 1.82) is 0 Å². The summed E-state index contributed by atoms with van der Waals surface area (Å²) in [4.78, 5) is 14.8. The first-order valence-corrected chi connectivity index (χ1v) is 9.77. The van der Waals surface area contributed by atoms with Gasteiger partial charge in [0.1, 0.15) is 17.4 Å². The van der Waals surface area contributed by atoms with Crippen molar-refractivity contribution >= 4 is 35.1 Å². The molecule has 1 aromatic heterocycles. The van der Waals surface area contributed by atoms with Crippen LogP contribution in [0.5, 0.6) is 0 Å². The normalized spacial score (nSPS) is 17.0. The van der Waals surface area contributed by atoms with Gasteiger partial charge in [0.05, 0.1) is 23.9 Å². The fourth-order valence-corrected chi connectivity index (χ4v) is 3.65. The number of carbonyl (C=O) groups excluding carboxylic acids is 1. The van der Waals surface area contributed by atoms with Gasteiger partial charge in [0.2, 0.25) is 0 Å². The van der Waals surface area contributed by atoms with Crippen LogP contribution in [0.1, 0.15) is 16.9 Å². The summed E-state index contributed by atoms with van der Waals surface area (Å²) in [5.41, 5.74) is 0.970. The number of rotatable bonds is 5. The fourth-order valence-electron chi connectivity index (χ4n) is 2.71. The van der Waals surface area contributed by atoms with Gasteiger partial charge in [-0.1, -0.05) is 30.3 Å². The minimum absolute atomic E-state index is 0.174. The van der Waals surface area contributed by atoms with Crippen molar-refractivity contribution in [3.05, 3.63) is 100 Å². The number of halogens is 2. The third-order valence-electron chi connectivity index (χ3n) is 4.20. The number of amides is 1. The minimum atomic E-state index is -0.416. The zero-order chi connectivity index (χ0) is 20.9. The van der Waals surface area contributed by atoms with Crippen LogP contribution in [0.15, 0.2) is 86.5 Å². The highest BCUT2D eigenvalue weighted by molar-refractivity contribution is 8.18. The maximum Gasteiger partial charge on any atom is 0.267 e. The molecule has 0 unspecified atom stereocenters. The van der Waals surface area contributed by atoms with Gasteiger partial charge in [-0.15, -0.1) is 5.10 Å². The minimum Gasteiger partial charge on any atom is -0.467 e. The van der Waals surface area contributed by atoms with Gasteiger partial charge in [0.15, 0.2) is 5.17 Å². The summed E-state index contributed by atoms with van der Waals surface area (Å²) in [6.45, 7) is 0.174. The summed E-state index contributed by atoms with van der Waals surface area (Å²) in [7, 11) is 0. The molecule has 8 heteroatoms. The second kappa shape index (κ2) is 8.87. The third kappa shape index (κ3) is 4.55. The van der Waals surface area contributed by atoms with Crippen molar-refractivity contribution in [3.63, 3.8) is 0 Å². The highest BCUT2D eigenvalue weighted by Gasteiger charge is 2.34. The van der Waals surface area contributed by atoms with Crippen molar-refractivity contribution in [1.82, 2.24) is 4.90 Å². The number of hydrogen-bond acceptors (Lipinski definition) is 5. The van der Waals surface area contributed by atoms with Gasteiger partial charge >= 0.3 is 0 Å². The van der Waals surface area contributed by atoms with E-state index < -0.39 is 5.82 Å². The Morgan fingerprint density at radius 1 is 1.03 bits per heavy atom. The summed E-state index contributed by atoms with van der Waals surface area (Å²) in [6, 6.07) is 15.5. The molecule has 1 fully saturated rings. The average molecular weight is 423 g/mol. The van der Waals surface area contributed by atoms with Crippen LogP contribution in [0.2, 0.25) is 0 Å². The molecule has 30 heavy (non-hydrogen) atoms. The molecule has 0 saturated carbocycles. The Kier molecular flexibility index (Phi) is 5.85. The Hall–Kier alpha value is -3.52. The first-order chi connectivity index (χ1) is 14.6. The van der Waals surface area contributed by atoms with Gasteiger partial charge in [0.25, 0.3) is 5.91 Å². The number of nitrogens with zero attached hydrogens (tertiary/aromatic N) is 3. The fraction of sp³-hybridized carbons (Fsp3) is 0.0455. The lowest BCUT2D eigenvalue weighted by molar-refractivity contribution is -0.122. The van der Waals surface area contributed by atoms with E-state index >= 15 is 0 Å². The van der Waals surface area contributed by atoms with E-state index in [0.717, 1.165) is 11.8 Å². The van der Waals surface area contributed by atoms with Crippen LogP contribution >= 0.6 is 11.8 Å². The number of benzene rings is 2. The van der Waals surface area contributed by atoms with Gasteiger partial charge < -0.3 is 4.42 Å². The van der Waals surface area contributed by atoms with Crippen molar-refractivity contribution in [2.75, 3.05) is 0 Å². The van der Waals surface area contributed by atoms with Crippen LogP contribution in [-0.4, -0.2) is 22.2 Å². The molecule has 4 rings (SSSR count). The molecule has 0 spiro atoms. The van der Waals surface area contributed by atoms with Crippen LogP contribution in [0.3, 0.4) is 0 Å². The molecular weight excluding hydrogens is 408 g/mol. The van der Waals surface area contributed by atoms with E-state index in [4.69, 9.17) is 4.42 Å². The highest BCUT2D eigenvalue weighted by atomic mass is 32.2. The molecule has 0 bridgehead atoms. The zero-order valence-electron chi connectivity index (χ0n) is 15.5. The Morgan fingerprint density at radius 3 is 2.57 bits per heavy atom. The number of hydrogen-bond donors (Lipinski definition) is 0. The van der Waals surface area contributed by atoms with E-state index in [9.17, 15) is 13.6 Å². The third-order valence-corrected chi connectivity index (χ3v) is 5.19. The summed E-state index contributed by atoms with van der Waals surface area (Å²) in [5.74, 6) is -0.467. The van der Waals surface area contributed by atoms with Crippen LogP contribution in [-0.2, 0) is 11.3 Å². The number of amidine groups is 1. The molecule has 5 nitrogen and oxygen atoms in total. The SMILES string of the molecule is O=C1/C(=C/c2ccc(F)cc2)S/C(=N/N=C\c2ccccc2F)N1Cc1ccco1. The lowest BCUT2D eigenvalue weighted by Gasteiger charge is -2.12. The zero-order valence-corrected chi connectivity index (χ0v) is 16.4. The molecule has 1 amide bonds. The molecule has 2 aromatic carbocycles. The van der Waals surface area contributed by atoms with Gasteiger partial charge in [-0.3, -0.25) is 9.69 Å². The van der Waals surface area contributed by atoms with E-state index in [2.05, 4.69) is 10.2 Å². The molecular formula is C22H15F2N3O2S.